The van der Waals surface area contributed by atoms with Crippen LogP contribution in [0.2, 0.25) is 0 Å². The van der Waals surface area contributed by atoms with E-state index in [1.165, 1.54) is 0 Å². The van der Waals surface area contributed by atoms with E-state index in [9.17, 15) is 0 Å². The van der Waals surface area contributed by atoms with Crippen LogP contribution in [0.5, 0.6) is 5.75 Å². The summed E-state index contributed by atoms with van der Waals surface area (Å²) >= 11 is 1.68. The Hall–Kier alpha value is -2.08. The summed E-state index contributed by atoms with van der Waals surface area (Å²) in [6.45, 7) is 7.27. The molecule has 0 bridgehead atoms. The SMILES string of the molecule is CCNC(=NCCCCOc1ccccc1)N(C)Cc1csc(C)n1. The number of aryl methyl sites for hydroxylation is 1. The number of nitrogens with zero attached hydrogens (tertiary/aromatic N) is 3. The summed E-state index contributed by atoms with van der Waals surface area (Å²) in [5.74, 6) is 1.86. The normalized spacial score (nSPS) is 11.4. The van der Waals surface area contributed by atoms with Crippen LogP contribution >= 0.6 is 11.3 Å². The molecule has 2 rings (SSSR count). The van der Waals surface area contributed by atoms with E-state index >= 15 is 0 Å². The Labute approximate surface area is 154 Å². The molecule has 0 unspecified atom stereocenters. The van der Waals surface area contributed by atoms with Crippen molar-refractivity contribution in [2.75, 3.05) is 26.7 Å². The second-order valence-electron chi connectivity index (χ2n) is 5.82. The van der Waals surface area contributed by atoms with Gasteiger partial charge in [-0.1, -0.05) is 18.2 Å². The van der Waals surface area contributed by atoms with E-state index in [-0.39, 0.29) is 0 Å². The summed E-state index contributed by atoms with van der Waals surface area (Å²) in [5.41, 5.74) is 1.09. The maximum atomic E-state index is 5.71. The Morgan fingerprint density at radius 1 is 1.28 bits per heavy atom. The second-order valence-corrected chi connectivity index (χ2v) is 6.88. The maximum Gasteiger partial charge on any atom is 0.194 e. The lowest BCUT2D eigenvalue weighted by Gasteiger charge is -2.21. The number of unbranched alkanes of at least 4 members (excludes halogenated alkanes) is 1. The number of para-hydroxylation sites is 1. The van der Waals surface area contributed by atoms with E-state index in [1.807, 2.05) is 37.3 Å². The number of aromatic nitrogens is 1. The Balaban J connectivity index is 1.72. The van der Waals surface area contributed by atoms with Crippen LogP contribution < -0.4 is 10.1 Å². The predicted molar refractivity (Wildman–Crippen MR) is 105 cm³/mol. The van der Waals surface area contributed by atoms with Gasteiger partial charge in [0.1, 0.15) is 5.75 Å². The van der Waals surface area contributed by atoms with Crippen molar-refractivity contribution < 1.29 is 4.74 Å². The van der Waals surface area contributed by atoms with Crippen LogP contribution in [0.4, 0.5) is 0 Å². The van der Waals surface area contributed by atoms with Gasteiger partial charge in [0, 0.05) is 25.5 Å². The third kappa shape index (κ3) is 7.13. The van der Waals surface area contributed by atoms with Crippen LogP contribution in [-0.4, -0.2) is 42.6 Å². The largest absolute Gasteiger partial charge is 0.494 e. The van der Waals surface area contributed by atoms with Gasteiger partial charge in [0.25, 0.3) is 0 Å². The fourth-order valence-corrected chi connectivity index (χ4v) is 2.98. The lowest BCUT2D eigenvalue weighted by atomic mass is 10.3. The van der Waals surface area contributed by atoms with Crippen molar-refractivity contribution in [2.45, 2.75) is 33.2 Å². The zero-order chi connectivity index (χ0) is 17.9. The van der Waals surface area contributed by atoms with E-state index in [0.717, 1.165) is 61.5 Å². The summed E-state index contributed by atoms with van der Waals surface area (Å²) in [6.07, 6.45) is 2.00. The Morgan fingerprint density at radius 2 is 2.08 bits per heavy atom. The molecule has 0 atom stereocenters. The smallest absolute Gasteiger partial charge is 0.194 e. The Kier molecular flexibility index (Phi) is 8.25. The molecule has 0 radical (unpaired) electrons. The Morgan fingerprint density at radius 3 is 2.76 bits per heavy atom. The minimum absolute atomic E-state index is 0.726. The summed E-state index contributed by atoms with van der Waals surface area (Å²) in [5, 5.41) is 6.55. The highest BCUT2D eigenvalue weighted by Gasteiger charge is 2.08. The van der Waals surface area contributed by atoms with Gasteiger partial charge in [0.2, 0.25) is 0 Å². The van der Waals surface area contributed by atoms with Gasteiger partial charge in [0.15, 0.2) is 5.96 Å². The van der Waals surface area contributed by atoms with Crippen molar-refractivity contribution in [1.82, 2.24) is 15.2 Å². The fourth-order valence-electron chi connectivity index (χ4n) is 2.37. The quantitative estimate of drug-likeness (QED) is 0.421. The molecule has 0 aliphatic carbocycles. The molecule has 1 heterocycles. The number of rotatable bonds is 9. The molecule has 0 fully saturated rings. The first-order valence-electron chi connectivity index (χ1n) is 8.77. The molecule has 0 spiro atoms. The molecular formula is C19H28N4OS. The summed E-state index contributed by atoms with van der Waals surface area (Å²) < 4.78 is 5.71. The van der Waals surface area contributed by atoms with Crippen molar-refractivity contribution >= 4 is 17.3 Å². The van der Waals surface area contributed by atoms with E-state index in [0.29, 0.717) is 0 Å². The first kappa shape index (κ1) is 19.2. The van der Waals surface area contributed by atoms with Crippen LogP contribution in [0.15, 0.2) is 40.7 Å². The van der Waals surface area contributed by atoms with Crippen molar-refractivity contribution in [3.63, 3.8) is 0 Å². The maximum absolute atomic E-state index is 5.71. The molecule has 6 heteroatoms. The lowest BCUT2D eigenvalue weighted by Crippen LogP contribution is -2.38. The summed E-state index contributed by atoms with van der Waals surface area (Å²) in [4.78, 5) is 11.4. The molecule has 136 valence electrons. The van der Waals surface area contributed by atoms with Gasteiger partial charge in [-0.25, -0.2) is 4.98 Å². The lowest BCUT2D eigenvalue weighted by molar-refractivity contribution is 0.308. The minimum atomic E-state index is 0.726. The van der Waals surface area contributed by atoms with Crippen LogP contribution in [0.1, 0.15) is 30.5 Å². The first-order valence-corrected chi connectivity index (χ1v) is 9.65. The molecule has 1 aromatic heterocycles. The van der Waals surface area contributed by atoms with Gasteiger partial charge < -0.3 is 15.0 Å². The average molecular weight is 361 g/mol. The highest BCUT2D eigenvalue weighted by molar-refractivity contribution is 7.09. The fraction of sp³-hybridized carbons (Fsp3) is 0.474. The van der Waals surface area contributed by atoms with Gasteiger partial charge in [0.05, 0.1) is 23.9 Å². The van der Waals surface area contributed by atoms with E-state index in [2.05, 4.69) is 34.6 Å². The first-order chi connectivity index (χ1) is 12.2. The molecule has 25 heavy (non-hydrogen) atoms. The summed E-state index contributed by atoms with van der Waals surface area (Å²) in [7, 11) is 2.05. The van der Waals surface area contributed by atoms with Gasteiger partial charge in [-0.3, -0.25) is 4.99 Å². The standard InChI is InChI=1S/C19H28N4OS/c1-4-20-19(23(3)14-17-15-25-16(2)22-17)21-12-8-9-13-24-18-10-6-5-7-11-18/h5-7,10-11,15H,4,8-9,12-14H2,1-3H3,(H,20,21). The third-order valence-electron chi connectivity index (χ3n) is 3.59. The monoisotopic (exact) mass is 360 g/mol. The number of benzene rings is 1. The van der Waals surface area contributed by atoms with E-state index < -0.39 is 0 Å². The number of hydrogen-bond acceptors (Lipinski definition) is 4. The number of nitrogens with one attached hydrogen (secondary N) is 1. The van der Waals surface area contributed by atoms with E-state index in [1.54, 1.807) is 11.3 Å². The minimum Gasteiger partial charge on any atom is -0.494 e. The number of aliphatic imine (C=N–C) groups is 1. The number of ether oxygens (including phenoxy) is 1. The second kappa shape index (κ2) is 10.7. The van der Waals surface area contributed by atoms with Crippen molar-refractivity contribution in [3.8, 4) is 5.75 Å². The van der Waals surface area contributed by atoms with Crippen molar-refractivity contribution in [1.29, 1.82) is 0 Å². The number of hydrogen-bond donors (Lipinski definition) is 1. The van der Waals surface area contributed by atoms with E-state index in [4.69, 9.17) is 9.73 Å². The highest BCUT2D eigenvalue weighted by atomic mass is 32.1. The molecule has 0 aliphatic rings. The molecule has 5 nitrogen and oxygen atoms in total. The number of guanidine groups is 1. The van der Waals surface area contributed by atoms with Gasteiger partial charge >= 0.3 is 0 Å². The third-order valence-corrected chi connectivity index (χ3v) is 4.41. The summed E-state index contributed by atoms with van der Waals surface area (Å²) in [6, 6.07) is 9.93. The van der Waals surface area contributed by atoms with Gasteiger partial charge in [-0.2, -0.15) is 0 Å². The molecule has 1 N–H and O–H groups in total. The van der Waals surface area contributed by atoms with Crippen LogP contribution in [0.25, 0.3) is 0 Å². The number of thiazole rings is 1. The molecule has 0 amide bonds. The van der Waals surface area contributed by atoms with Gasteiger partial charge in [-0.15, -0.1) is 11.3 Å². The molecule has 0 saturated heterocycles. The Bertz CT molecular complexity index is 642. The van der Waals surface area contributed by atoms with Crippen molar-refractivity contribution in [3.05, 3.63) is 46.4 Å². The van der Waals surface area contributed by atoms with Crippen LogP contribution in [0, 0.1) is 6.92 Å². The molecular weight excluding hydrogens is 332 g/mol. The zero-order valence-corrected chi connectivity index (χ0v) is 16.2. The molecule has 0 aliphatic heterocycles. The highest BCUT2D eigenvalue weighted by Crippen LogP contribution is 2.10. The van der Waals surface area contributed by atoms with Crippen molar-refractivity contribution in [2.24, 2.45) is 4.99 Å². The van der Waals surface area contributed by atoms with Crippen LogP contribution in [0.3, 0.4) is 0 Å². The predicted octanol–water partition coefficient (Wildman–Crippen LogP) is 3.71. The zero-order valence-electron chi connectivity index (χ0n) is 15.4. The molecule has 2 aromatic rings. The topological polar surface area (TPSA) is 49.8 Å². The molecule has 0 saturated carbocycles. The van der Waals surface area contributed by atoms with Crippen LogP contribution in [-0.2, 0) is 6.54 Å². The average Bonchev–Trinajstić information content (AvgIpc) is 3.02. The molecule has 1 aromatic carbocycles. The van der Waals surface area contributed by atoms with Gasteiger partial charge in [-0.05, 0) is 38.8 Å².